The minimum Gasteiger partial charge on any atom is -0.370 e. The molecule has 0 aliphatic rings. The lowest BCUT2D eigenvalue weighted by molar-refractivity contribution is 0.603. The van der Waals surface area contributed by atoms with Crippen molar-refractivity contribution in [2.24, 2.45) is 0 Å². The Hall–Kier alpha value is -2.14. The summed E-state index contributed by atoms with van der Waals surface area (Å²) in [5.41, 5.74) is 2.95. The van der Waals surface area contributed by atoms with E-state index in [1.165, 1.54) is 5.41 Å². The SMILES string of the molecule is Cc1[nH]cnc1CSCCNC(=CS(=O)(=O)c1ccccc1)NCCSCc1ncccc1Cl. The number of sulfone groups is 1. The average molecular weight is 538 g/mol. The van der Waals surface area contributed by atoms with Crippen LogP contribution < -0.4 is 10.6 Å². The highest BCUT2D eigenvalue weighted by Crippen LogP contribution is 2.18. The summed E-state index contributed by atoms with van der Waals surface area (Å²) in [6.07, 6.45) is 3.42. The van der Waals surface area contributed by atoms with Gasteiger partial charge in [0, 0.05) is 48.0 Å². The van der Waals surface area contributed by atoms with Gasteiger partial charge in [-0.3, -0.25) is 4.98 Å². The van der Waals surface area contributed by atoms with Gasteiger partial charge >= 0.3 is 0 Å². The predicted molar refractivity (Wildman–Crippen MR) is 143 cm³/mol. The van der Waals surface area contributed by atoms with Gasteiger partial charge in [-0.05, 0) is 31.2 Å². The van der Waals surface area contributed by atoms with E-state index in [2.05, 4.69) is 25.6 Å². The zero-order valence-electron chi connectivity index (χ0n) is 18.8. The van der Waals surface area contributed by atoms with Gasteiger partial charge < -0.3 is 15.6 Å². The number of aromatic amines is 1. The van der Waals surface area contributed by atoms with Crippen LogP contribution in [-0.4, -0.2) is 48.0 Å². The quantitative estimate of drug-likeness (QED) is 0.260. The van der Waals surface area contributed by atoms with E-state index in [9.17, 15) is 8.42 Å². The van der Waals surface area contributed by atoms with Crippen molar-refractivity contribution >= 4 is 45.0 Å². The van der Waals surface area contributed by atoms with Crippen molar-refractivity contribution < 1.29 is 8.42 Å². The number of nitrogens with one attached hydrogen (secondary N) is 3. The Morgan fingerprint density at radius 1 is 1.00 bits per heavy atom. The molecule has 3 N–H and O–H groups in total. The van der Waals surface area contributed by atoms with Gasteiger partial charge in [-0.25, -0.2) is 13.4 Å². The Morgan fingerprint density at radius 2 is 1.68 bits per heavy atom. The largest absolute Gasteiger partial charge is 0.370 e. The number of hydrogen-bond acceptors (Lipinski definition) is 8. The highest BCUT2D eigenvalue weighted by atomic mass is 35.5. The van der Waals surface area contributed by atoms with Crippen molar-refractivity contribution in [1.29, 1.82) is 0 Å². The first-order valence-corrected chi connectivity index (χ1v) is 14.9. The summed E-state index contributed by atoms with van der Waals surface area (Å²) in [6, 6.07) is 12.1. The monoisotopic (exact) mass is 537 g/mol. The maximum Gasteiger partial charge on any atom is 0.203 e. The summed E-state index contributed by atoms with van der Waals surface area (Å²) >= 11 is 9.58. The first-order valence-electron chi connectivity index (χ1n) is 10.7. The molecular formula is C23H28ClN5O2S3. The molecule has 0 fully saturated rings. The van der Waals surface area contributed by atoms with Crippen LogP contribution in [-0.2, 0) is 21.3 Å². The van der Waals surface area contributed by atoms with E-state index in [-0.39, 0.29) is 4.90 Å². The minimum atomic E-state index is -3.58. The van der Waals surface area contributed by atoms with Gasteiger partial charge in [0.1, 0.15) is 5.82 Å². The molecule has 2 aromatic heterocycles. The molecule has 1 aromatic carbocycles. The Kier molecular flexibility index (Phi) is 10.6. The molecule has 2 heterocycles. The van der Waals surface area contributed by atoms with Crippen LogP contribution in [0.15, 0.2) is 71.1 Å². The Morgan fingerprint density at radius 3 is 2.29 bits per heavy atom. The zero-order chi connectivity index (χ0) is 24.2. The molecule has 0 spiro atoms. The summed E-state index contributed by atoms with van der Waals surface area (Å²) < 4.78 is 25.7. The molecule has 0 atom stereocenters. The molecule has 34 heavy (non-hydrogen) atoms. The number of imidazole rings is 1. The molecule has 0 amide bonds. The first-order chi connectivity index (χ1) is 16.5. The number of H-pyrrole nitrogens is 1. The molecule has 3 aromatic rings. The van der Waals surface area contributed by atoms with Gasteiger partial charge in [0.15, 0.2) is 0 Å². The van der Waals surface area contributed by atoms with Crippen LogP contribution in [0.3, 0.4) is 0 Å². The summed E-state index contributed by atoms with van der Waals surface area (Å²) in [6.45, 7) is 3.21. The van der Waals surface area contributed by atoms with Crippen LogP contribution in [0.5, 0.6) is 0 Å². The van der Waals surface area contributed by atoms with Gasteiger partial charge in [-0.1, -0.05) is 29.8 Å². The van der Waals surface area contributed by atoms with Gasteiger partial charge in [-0.2, -0.15) is 23.5 Å². The molecule has 0 aliphatic carbocycles. The molecule has 11 heteroatoms. The number of aromatic nitrogens is 3. The zero-order valence-corrected chi connectivity index (χ0v) is 22.0. The molecule has 0 radical (unpaired) electrons. The van der Waals surface area contributed by atoms with E-state index in [1.54, 1.807) is 66.4 Å². The highest BCUT2D eigenvalue weighted by Gasteiger charge is 2.12. The number of rotatable bonds is 14. The van der Waals surface area contributed by atoms with Crippen molar-refractivity contribution in [3.63, 3.8) is 0 Å². The Labute approximate surface area is 214 Å². The van der Waals surface area contributed by atoms with Crippen molar-refractivity contribution in [3.05, 3.63) is 88.3 Å². The van der Waals surface area contributed by atoms with Crippen LogP contribution in [0.25, 0.3) is 0 Å². The fourth-order valence-corrected chi connectivity index (χ4v) is 6.00. The molecule has 0 bridgehead atoms. The summed E-state index contributed by atoms with van der Waals surface area (Å²) in [4.78, 5) is 11.9. The van der Waals surface area contributed by atoms with Crippen molar-refractivity contribution in [2.45, 2.75) is 23.3 Å². The third-order valence-electron chi connectivity index (χ3n) is 4.71. The smallest absolute Gasteiger partial charge is 0.203 e. The number of halogens is 1. The molecular weight excluding hydrogens is 510 g/mol. The van der Waals surface area contributed by atoms with E-state index >= 15 is 0 Å². The van der Waals surface area contributed by atoms with Gasteiger partial charge in [0.25, 0.3) is 0 Å². The average Bonchev–Trinajstić information content (AvgIpc) is 3.24. The van der Waals surface area contributed by atoms with E-state index < -0.39 is 9.84 Å². The van der Waals surface area contributed by atoms with E-state index in [0.717, 1.165) is 34.3 Å². The van der Waals surface area contributed by atoms with Crippen molar-refractivity contribution in [1.82, 2.24) is 25.6 Å². The number of pyridine rings is 1. The Balaban J connectivity index is 1.52. The van der Waals surface area contributed by atoms with Crippen molar-refractivity contribution in [3.8, 4) is 0 Å². The molecule has 0 aliphatic heterocycles. The number of nitrogens with zero attached hydrogens (tertiary/aromatic N) is 2. The van der Waals surface area contributed by atoms with Crippen LogP contribution in [0.2, 0.25) is 5.02 Å². The Bertz CT molecular complexity index is 1170. The first kappa shape index (κ1) is 26.5. The second-order valence-electron chi connectivity index (χ2n) is 7.25. The third kappa shape index (κ3) is 8.57. The third-order valence-corrected chi connectivity index (χ3v) is 8.48. The normalized spacial score (nSPS) is 12.0. The van der Waals surface area contributed by atoms with Crippen LogP contribution >= 0.6 is 35.1 Å². The fourth-order valence-electron chi connectivity index (χ4n) is 2.89. The standard InChI is InChI=1S/C23H28ClN5O2S3/c1-18-21(29-17-28-18)14-32-12-10-26-23(16-34(30,31)19-6-3-2-4-7-19)27-11-13-33-15-22-20(24)8-5-9-25-22/h2-9,16-17,26-27H,10-15H2,1H3,(H,28,29). The summed E-state index contributed by atoms with van der Waals surface area (Å²) in [7, 11) is -3.58. The lowest BCUT2D eigenvalue weighted by atomic mass is 10.4. The van der Waals surface area contributed by atoms with E-state index in [0.29, 0.717) is 29.7 Å². The van der Waals surface area contributed by atoms with Crippen LogP contribution in [0, 0.1) is 6.92 Å². The van der Waals surface area contributed by atoms with Gasteiger partial charge in [0.05, 0.1) is 33.0 Å². The topological polar surface area (TPSA) is 99.8 Å². The molecule has 0 saturated heterocycles. The summed E-state index contributed by atoms with van der Waals surface area (Å²) in [5, 5.41) is 8.39. The molecule has 0 saturated carbocycles. The number of thioether (sulfide) groups is 2. The second kappa shape index (κ2) is 13.7. The second-order valence-corrected chi connectivity index (χ2v) is 11.7. The van der Waals surface area contributed by atoms with E-state index in [4.69, 9.17) is 11.6 Å². The number of aryl methyl sites for hydroxylation is 1. The predicted octanol–water partition coefficient (Wildman–Crippen LogP) is 4.39. The van der Waals surface area contributed by atoms with Crippen LogP contribution in [0.1, 0.15) is 17.1 Å². The van der Waals surface area contributed by atoms with Crippen LogP contribution in [0.4, 0.5) is 0 Å². The lowest BCUT2D eigenvalue weighted by Gasteiger charge is -2.14. The lowest BCUT2D eigenvalue weighted by Crippen LogP contribution is -2.30. The van der Waals surface area contributed by atoms with Crippen molar-refractivity contribution in [2.75, 3.05) is 24.6 Å². The molecule has 3 rings (SSSR count). The molecule has 0 unspecified atom stereocenters. The fraction of sp³-hybridized carbons (Fsp3) is 0.304. The highest BCUT2D eigenvalue weighted by molar-refractivity contribution is 7.98. The maximum absolute atomic E-state index is 12.8. The van der Waals surface area contributed by atoms with Gasteiger partial charge in [0.2, 0.25) is 9.84 Å². The molecule has 182 valence electrons. The minimum absolute atomic E-state index is 0.263. The number of hydrogen-bond donors (Lipinski definition) is 3. The van der Waals surface area contributed by atoms with Gasteiger partial charge in [-0.15, -0.1) is 0 Å². The number of benzene rings is 1. The van der Waals surface area contributed by atoms with E-state index in [1.807, 2.05) is 19.1 Å². The summed E-state index contributed by atoms with van der Waals surface area (Å²) in [5.74, 6) is 3.56. The maximum atomic E-state index is 12.8. The molecule has 7 nitrogen and oxygen atoms in total.